The molecule has 6 heteroatoms. The molecule has 0 aromatic heterocycles. The zero-order chi connectivity index (χ0) is 13.7. The molecule has 0 heterocycles. The molecular formula is C12H22N2O4. The molecule has 0 aromatic carbocycles. The van der Waals surface area contributed by atoms with Gasteiger partial charge in [0.05, 0.1) is 0 Å². The fourth-order valence-corrected chi connectivity index (χ4v) is 1.72. The monoisotopic (exact) mass is 258 g/mol. The van der Waals surface area contributed by atoms with E-state index in [-0.39, 0.29) is 19.0 Å². The van der Waals surface area contributed by atoms with Crippen molar-refractivity contribution in [2.75, 3.05) is 13.1 Å². The van der Waals surface area contributed by atoms with Crippen LogP contribution in [0.5, 0.6) is 0 Å². The molecule has 1 fully saturated rings. The van der Waals surface area contributed by atoms with Crippen LogP contribution in [0.25, 0.3) is 0 Å². The van der Waals surface area contributed by atoms with E-state index in [2.05, 4.69) is 19.2 Å². The summed E-state index contributed by atoms with van der Waals surface area (Å²) in [6.45, 7) is 4.99. The number of nitrogens with zero attached hydrogens (tertiary/aromatic N) is 1. The van der Waals surface area contributed by atoms with Crippen molar-refractivity contribution in [3.63, 3.8) is 0 Å². The van der Waals surface area contributed by atoms with E-state index in [0.717, 1.165) is 12.8 Å². The summed E-state index contributed by atoms with van der Waals surface area (Å²) in [5, 5.41) is 20.2. The van der Waals surface area contributed by atoms with E-state index in [1.165, 1.54) is 0 Å². The molecule has 1 saturated carbocycles. The first kappa shape index (κ1) is 14.8. The van der Waals surface area contributed by atoms with Crippen molar-refractivity contribution in [1.82, 2.24) is 10.2 Å². The molecule has 1 rings (SSSR count). The maximum atomic E-state index is 11.9. The largest absolute Gasteiger partial charge is 0.479 e. The zero-order valence-corrected chi connectivity index (χ0v) is 10.9. The third-order valence-electron chi connectivity index (χ3n) is 2.79. The van der Waals surface area contributed by atoms with Crippen molar-refractivity contribution >= 4 is 12.0 Å². The van der Waals surface area contributed by atoms with Gasteiger partial charge in [0.15, 0.2) is 6.10 Å². The Bertz CT molecular complexity index is 302. The van der Waals surface area contributed by atoms with Gasteiger partial charge in [-0.3, -0.25) is 0 Å². The lowest BCUT2D eigenvalue weighted by atomic mass is 10.2. The number of aliphatic hydroxyl groups excluding tert-OH is 1. The molecule has 6 nitrogen and oxygen atoms in total. The van der Waals surface area contributed by atoms with Gasteiger partial charge in [-0.15, -0.1) is 0 Å². The Labute approximate surface area is 107 Å². The second kappa shape index (κ2) is 6.58. The van der Waals surface area contributed by atoms with Gasteiger partial charge < -0.3 is 20.4 Å². The van der Waals surface area contributed by atoms with Crippen molar-refractivity contribution in [3.8, 4) is 0 Å². The lowest BCUT2D eigenvalue weighted by Gasteiger charge is -2.24. The molecule has 0 aromatic rings. The number of carbonyl (C=O) groups is 2. The van der Waals surface area contributed by atoms with Crippen LogP contribution in [0.2, 0.25) is 0 Å². The number of carbonyl (C=O) groups excluding carboxylic acids is 1. The summed E-state index contributed by atoms with van der Waals surface area (Å²) in [4.78, 5) is 24.1. The standard InChI is InChI=1S/C12H22N2O4/c1-8(2)7-14(9-3-4-9)12(18)13-6-5-10(15)11(16)17/h8-10,15H,3-7H2,1-2H3,(H,13,18)(H,16,17). The highest BCUT2D eigenvalue weighted by atomic mass is 16.4. The minimum Gasteiger partial charge on any atom is -0.479 e. The zero-order valence-electron chi connectivity index (χ0n) is 10.9. The third kappa shape index (κ3) is 4.91. The van der Waals surface area contributed by atoms with Crippen molar-refractivity contribution in [3.05, 3.63) is 0 Å². The number of aliphatic carboxylic acids is 1. The van der Waals surface area contributed by atoms with Gasteiger partial charge in [-0.05, 0) is 18.8 Å². The lowest BCUT2D eigenvalue weighted by Crippen LogP contribution is -2.44. The summed E-state index contributed by atoms with van der Waals surface area (Å²) in [6, 6.07) is 0.167. The highest BCUT2D eigenvalue weighted by Crippen LogP contribution is 2.27. The molecule has 1 unspecified atom stereocenters. The van der Waals surface area contributed by atoms with Crippen LogP contribution >= 0.6 is 0 Å². The minimum atomic E-state index is -1.41. The Balaban J connectivity index is 2.31. The first-order chi connectivity index (χ1) is 8.41. The first-order valence-corrected chi connectivity index (χ1v) is 6.37. The van der Waals surface area contributed by atoms with Gasteiger partial charge in [-0.25, -0.2) is 9.59 Å². The number of aliphatic hydroxyl groups is 1. The van der Waals surface area contributed by atoms with E-state index in [1.54, 1.807) is 4.90 Å². The molecule has 1 atom stereocenters. The van der Waals surface area contributed by atoms with Gasteiger partial charge in [-0.2, -0.15) is 0 Å². The predicted molar refractivity (Wildman–Crippen MR) is 66.2 cm³/mol. The molecule has 0 radical (unpaired) electrons. The molecule has 3 N–H and O–H groups in total. The summed E-state index contributed by atoms with van der Waals surface area (Å²) in [7, 11) is 0. The van der Waals surface area contributed by atoms with Crippen LogP contribution in [0.15, 0.2) is 0 Å². The maximum absolute atomic E-state index is 11.9. The molecule has 0 bridgehead atoms. The molecular weight excluding hydrogens is 236 g/mol. The van der Waals surface area contributed by atoms with Crippen LogP contribution in [0.3, 0.4) is 0 Å². The number of carboxylic acid groups (broad SMARTS) is 1. The number of nitrogens with one attached hydrogen (secondary N) is 1. The Hall–Kier alpha value is -1.30. The Morgan fingerprint density at radius 3 is 2.44 bits per heavy atom. The lowest BCUT2D eigenvalue weighted by molar-refractivity contribution is -0.146. The average Bonchev–Trinajstić information content (AvgIpc) is 3.08. The Morgan fingerprint density at radius 1 is 1.39 bits per heavy atom. The van der Waals surface area contributed by atoms with E-state index >= 15 is 0 Å². The molecule has 1 aliphatic rings. The van der Waals surface area contributed by atoms with Gasteiger partial charge in [0.1, 0.15) is 0 Å². The van der Waals surface area contributed by atoms with Crippen LogP contribution in [-0.4, -0.2) is 52.3 Å². The quantitative estimate of drug-likeness (QED) is 0.625. The number of amides is 2. The van der Waals surface area contributed by atoms with Crippen molar-refractivity contribution < 1.29 is 19.8 Å². The van der Waals surface area contributed by atoms with E-state index in [0.29, 0.717) is 18.5 Å². The molecule has 1 aliphatic carbocycles. The van der Waals surface area contributed by atoms with E-state index in [9.17, 15) is 9.59 Å². The average molecular weight is 258 g/mol. The molecule has 104 valence electrons. The second-order valence-corrected chi connectivity index (χ2v) is 5.15. The van der Waals surface area contributed by atoms with Gasteiger partial charge >= 0.3 is 12.0 Å². The number of carboxylic acids is 1. The van der Waals surface area contributed by atoms with E-state index in [4.69, 9.17) is 10.2 Å². The van der Waals surface area contributed by atoms with Crippen LogP contribution in [0.4, 0.5) is 4.79 Å². The predicted octanol–water partition coefficient (Wildman–Crippen LogP) is 0.652. The fourth-order valence-electron chi connectivity index (χ4n) is 1.72. The van der Waals surface area contributed by atoms with Crippen molar-refractivity contribution in [2.24, 2.45) is 5.92 Å². The normalized spacial score (nSPS) is 16.4. The van der Waals surface area contributed by atoms with Gasteiger partial charge in [-0.1, -0.05) is 13.8 Å². The van der Waals surface area contributed by atoms with Crippen molar-refractivity contribution in [1.29, 1.82) is 0 Å². The van der Waals surface area contributed by atoms with E-state index < -0.39 is 12.1 Å². The van der Waals surface area contributed by atoms with Crippen LogP contribution in [-0.2, 0) is 4.79 Å². The van der Waals surface area contributed by atoms with Gasteiger partial charge in [0, 0.05) is 25.6 Å². The fraction of sp³-hybridized carbons (Fsp3) is 0.833. The highest BCUT2D eigenvalue weighted by molar-refractivity contribution is 5.75. The second-order valence-electron chi connectivity index (χ2n) is 5.15. The number of urea groups is 1. The number of rotatable bonds is 7. The van der Waals surface area contributed by atoms with Crippen LogP contribution < -0.4 is 5.32 Å². The number of hydrogen-bond acceptors (Lipinski definition) is 3. The smallest absolute Gasteiger partial charge is 0.332 e. The third-order valence-corrected chi connectivity index (χ3v) is 2.79. The summed E-state index contributed by atoms with van der Waals surface area (Å²) in [6.07, 6.45) is 0.696. The van der Waals surface area contributed by atoms with E-state index in [1.807, 2.05) is 0 Å². The molecule has 0 spiro atoms. The first-order valence-electron chi connectivity index (χ1n) is 6.37. The van der Waals surface area contributed by atoms with Crippen LogP contribution in [0, 0.1) is 5.92 Å². The van der Waals surface area contributed by atoms with Crippen molar-refractivity contribution in [2.45, 2.75) is 45.3 Å². The topological polar surface area (TPSA) is 89.9 Å². The maximum Gasteiger partial charge on any atom is 0.332 e. The number of hydrogen-bond donors (Lipinski definition) is 3. The summed E-state index contributed by atoms with van der Waals surface area (Å²) < 4.78 is 0. The van der Waals surface area contributed by atoms with Gasteiger partial charge in [0.25, 0.3) is 0 Å². The minimum absolute atomic E-state index is 0.0290. The van der Waals surface area contributed by atoms with Gasteiger partial charge in [0.2, 0.25) is 0 Å². The molecule has 2 amide bonds. The molecule has 18 heavy (non-hydrogen) atoms. The Kier molecular flexibility index (Phi) is 5.40. The van der Waals surface area contributed by atoms with Crippen LogP contribution in [0.1, 0.15) is 33.1 Å². The highest BCUT2D eigenvalue weighted by Gasteiger charge is 2.32. The SMILES string of the molecule is CC(C)CN(C(=O)NCCC(O)C(=O)O)C1CC1. The summed E-state index contributed by atoms with van der Waals surface area (Å²) in [5.74, 6) is -0.855. The summed E-state index contributed by atoms with van der Waals surface area (Å²) in [5.41, 5.74) is 0. The Morgan fingerprint density at radius 2 is 2.00 bits per heavy atom. The molecule has 0 saturated heterocycles. The summed E-state index contributed by atoms with van der Waals surface area (Å²) >= 11 is 0. The molecule has 0 aliphatic heterocycles.